The first kappa shape index (κ1) is 19.2. The van der Waals surface area contributed by atoms with Gasteiger partial charge in [-0.1, -0.05) is 84.4 Å². The van der Waals surface area contributed by atoms with E-state index in [0.29, 0.717) is 6.61 Å². The van der Waals surface area contributed by atoms with Gasteiger partial charge in [-0.25, -0.2) is 0 Å². The van der Waals surface area contributed by atoms with Crippen LogP contribution < -0.4 is 4.74 Å². The van der Waals surface area contributed by atoms with E-state index >= 15 is 0 Å². The number of likely N-dealkylation sites (N-methyl/N-ethyl adjacent to an activating group) is 1. The maximum atomic E-state index is 6.84. The number of benzene rings is 3. The van der Waals surface area contributed by atoms with Gasteiger partial charge in [-0.15, -0.1) is 0 Å². The van der Waals surface area contributed by atoms with Gasteiger partial charge < -0.3 is 9.64 Å². The molecule has 0 bridgehead atoms. The number of hydrogen-bond donors (Lipinski definition) is 0. The lowest BCUT2D eigenvalue weighted by atomic mass is 9.95. The van der Waals surface area contributed by atoms with Crippen LogP contribution in [0.15, 0.2) is 84.9 Å². The van der Waals surface area contributed by atoms with Crippen molar-refractivity contribution < 1.29 is 4.74 Å². The zero-order chi connectivity index (χ0) is 19.1. The minimum Gasteiger partial charge on any atom is -0.492 e. The highest BCUT2D eigenvalue weighted by Gasteiger charge is 2.12. The number of ether oxygens (including phenoxy) is 1. The average Bonchev–Trinajstić information content (AvgIpc) is 2.70. The Morgan fingerprint density at radius 2 is 1.26 bits per heavy atom. The zero-order valence-electron chi connectivity index (χ0n) is 15.7. The molecule has 0 aliphatic heterocycles. The quantitative estimate of drug-likeness (QED) is 0.484. The van der Waals surface area contributed by atoms with Gasteiger partial charge in [-0.3, -0.25) is 0 Å². The van der Waals surface area contributed by atoms with Crippen molar-refractivity contribution in [2.75, 3.05) is 27.2 Å². The van der Waals surface area contributed by atoms with Crippen LogP contribution in [-0.2, 0) is 0 Å². The van der Waals surface area contributed by atoms with Crippen molar-refractivity contribution >= 4 is 22.2 Å². The molecule has 3 aromatic carbocycles. The van der Waals surface area contributed by atoms with E-state index in [-0.39, 0.29) is 0 Å². The van der Waals surface area contributed by atoms with Crippen molar-refractivity contribution in [3.05, 3.63) is 102 Å². The molecule has 3 heteroatoms. The Labute approximate surface area is 166 Å². The molecule has 0 N–H and O–H groups in total. The number of halogens is 1. The molecule has 0 fully saturated rings. The van der Waals surface area contributed by atoms with E-state index in [1.54, 1.807) is 0 Å². The zero-order valence-corrected chi connectivity index (χ0v) is 16.5. The molecule has 0 radical (unpaired) electrons. The molecular formula is C24H24ClNO. The average molecular weight is 378 g/mol. The lowest BCUT2D eigenvalue weighted by Gasteiger charge is -2.14. The third-order valence-electron chi connectivity index (χ3n) is 4.26. The Balaban J connectivity index is 1.95. The van der Waals surface area contributed by atoms with Crippen molar-refractivity contribution in [1.29, 1.82) is 0 Å². The third kappa shape index (κ3) is 5.22. The lowest BCUT2D eigenvalue weighted by molar-refractivity contribution is 0.261. The van der Waals surface area contributed by atoms with Gasteiger partial charge in [0.2, 0.25) is 0 Å². The number of nitrogens with zero attached hydrogens (tertiary/aromatic N) is 1. The number of rotatable bonds is 7. The van der Waals surface area contributed by atoms with Crippen LogP contribution in [0.2, 0.25) is 0 Å². The summed E-state index contributed by atoms with van der Waals surface area (Å²) >= 11 is 6.84. The van der Waals surface area contributed by atoms with Crippen molar-refractivity contribution in [3.63, 3.8) is 0 Å². The molecule has 0 atom stereocenters. The molecule has 0 heterocycles. The Kier molecular flexibility index (Phi) is 6.69. The largest absolute Gasteiger partial charge is 0.492 e. The number of hydrogen-bond acceptors (Lipinski definition) is 2. The maximum absolute atomic E-state index is 6.84. The topological polar surface area (TPSA) is 12.5 Å². The summed E-state index contributed by atoms with van der Waals surface area (Å²) in [5.74, 6) is 0.865. The van der Waals surface area contributed by atoms with Crippen LogP contribution >= 0.6 is 11.6 Å². The molecule has 0 aliphatic carbocycles. The summed E-state index contributed by atoms with van der Waals surface area (Å²) in [6.45, 7) is 1.55. The summed E-state index contributed by atoms with van der Waals surface area (Å²) < 4.78 is 5.81. The standard InChI is InChI=1S/C24H24ClNO/c1-26(2)17-18-27-22-15-13-20(14-16-22)23(19-9-5-3-6-10-19)24(25)21-11-7-4-8-12-21/h3-16H,17-18H2,1-2H3/b24-23+. The van der Waals surface area contributed by atoms with Gasteiger partial charge >= 0.3 is 0 Å². The summed E-state index contributed by atoms with van der Waals surface area (Å²) in [4.78, 5) is 2.10. The van der Waals surface area contributed by atoms with Crippen LogP contribution in [0.4, 0.5) is 0 Å². The monoisotopic (exact) mass is 377 g/mol. The van der Waals surface area contributed by atoms with Gasteiger partial charge in [0, 0.05) is 12.1 Å². The lowest BCUT2D eigenvalue weighted by Crippen LogP contribution is -2.19. The normalized spacial score (nSPS) is 12.0. The fourth-order valence-corrected chi connectivity index (χ4v) is 3.16. The molecule has 0 aliphatic rings. The fourth-order valence-electron chi connectivity index (χ4n) is 2.82. The van der Waals surface area contributed by atoms with E-state index in [1.165, 1.54) is 0 Å². The highest BCUT2D eigenvalue weighted by Crippen LogP contribution is 2.35. The molecule has 27 heavy (non-hydrogen) atoms. The second kappa shape index (κ2) is 9.40. The minimum absolute atomic E-state index is 0.665. The van der Waals surface area contributed by atoms with E-state index in [0.717, 1.165) is 39.6 Å². The highest BCUT2D eigenvalue weighted by molar-refractivity contribution is 6.53. The van der Waals surface area contributed by atoms with Crippen LogP contribution in [0.3, 0.4) is 0 Å². The van der Waals surface area contributed by atoms with Crippen LogP contribution in [0.25, 0.3) is 10.6 Å². The molecule has 0 aromatic heterocycles. The SMILES string of the molecule is CN(C)CCOc1ccc(/C(=C(/Cl)c2ccccc2)c2ccccc2)cc1. The van der Waals surface area contributed by atoms with Crippen molar-refractivity contribution in [3.8, 4) is 5.75 Å². The first-order chi connectivity index (χ1) is 13.1. The Morgan fingerprint density at radius 3 is 1.81 bits per heavy atom. The summed E-state index contributed by atoms with van der Waals surface area (Å²) in [6.07, 6.45) is 0. The molecule has 3 rings (SSSR count). The van der Waals surface area contributed by atoms with Gasteiger partial charge in [0.25, 0.3) is 0 Å². The predicted molar refractivity (Wildman–Crippen MR) is 115 cm³/mol. The first-order valence-corrected chi connectivity index (χ1v) is 9.41. The van der Waals surface area contributed by atoms with E-state index in [1.807, 2.05) is 74.8 Å². The summed E-state index contributed by atoms with van der Waals surface area (Å²) in [5, 5.41) is 0.739. The minimum atomic E-state index is 0.665. The van der Waals surface area contributed by atoms with Gasteiger partial charge in [0.15, 0.2) is 0 Å². The first-order valence-electron chi connectivity index (χ1n) is 9.04. The van der Waals surface area contributed by atoms with Crippen molar-refractivity contribution in [2.24, 2.45) is 0 Å². The van der Waals surface area contributed by atoms with Crippen LogP contribution in [-0.4, -0.2) is 32.1 Å². The molecule has 0 saturated heterocycles. The van der Waals surface area contributed by atoms with Crippen molar-refractivity contribution in [2.45, 2.75) is 0 Å². The smallest absolute Gasteiger partial charge is 0.119 e. The van der Waals surface area contributed by atoms with E-state index < -0.39 is 0 Å². The van der Waals surface area contributed by atoms with Gasteiger partial charge in [0.1, 0.15) is 12.4 Å². The summed E-state index contributed by atoms with van der Waals surface area (Å²) in [6, 6.07) is 28.5. The molecule has 3 aromatic rings. The molecule has 0 spiro atoms. The van der Waals surface area contributed by atoms with Gasteiger partial charge in [-0.2, -0.15) is 0 Å². The summed E-state index contributed by atoms with van der Waals surface area (Å²) in [5.41, 5.74) is 4.18. The van der Waals surface area contributed by atoms with E-state index in [4.69, 9.17) is 16.3 Å². The highest BCUT2D eigenvalue weighted by atomic mass is 35.5. The Morgan fingerprint density at radius 1 is 0.741 bits per heavy atom. The molecule has 138 valence electrons. The summed E-state index contributed by atoms with van der Waals surface area (Å²) in [7, 11) is 4.07. The second-order valence-corrected chi connectivity index (χ2v) is 6.98. The maximum Gasteiger partial charge on any atom is 0.119 e. The van der Waals surface area contributed by atoms with E-state index in [2.05, 4.69) is 29.2 Å². The van der Waals surface area contributed by atoms with Gasteiger partial charge in [0.05, 0.1) is 5.03 Å². The Bertz CT molecular complexity index is 871. The van der Waals surface area contributed by atoms with E-state index in [9.17, 15) is 0 Å². The third-order valence-corrected chi connectivity index (χ3v) is 4.67. The second-order valence-electron chi connectivity index (χ2n) is 6.60. The molecule has 0 amide bonds. The van der Waals surface area contributed by atoms with Crippen LogP contribution in [0, 0.1) is 0 Å². The fraction of sp³-hybridized carbons (Fsp3) is 0.167. The van der Waals surface area contributed by atoms with Crippen LogP contribution in [0.1, 0.15) is 16.7 Å². The Hall–Kier alpha value is -2.55. The molecule has 0 unspecified atom stereocenters. The van der Waals surface area contributed by atoms with Crippen molar-refractivity contribution in [1.82, 2.24) is 4.90 Å². The molecular weight excluding hydrogens is 354 g/mol. The van der Waals surface area contributed by atoms with Gasteiger partial charge in [-0.05, 0) is 42.9 Å². The predicted octanol–water partition coefficient (Wildman–Crippen LogP) is 5.78. The molecule has 2 nitrogen and oxygen atoms in total. The van der Waals surface area contributed by atoms with Crippen LogP contribution in [0.5, 0.6) is 5.75 Å². The molecule has 0 saturated carbocycles.